The standard InChI is InChI=1S/C33H36N4O2/c1-3-5-18-36(22-26-14-17-30-31(20-26)39-24-38-30)23-29-32(27-15-12-25(21-34)13-16-27)35-33(37(29)19-6-4-2)28-10-8-7-9-11-28/h7-17,20H,3-6,18-19,22-24H2,1-2H3. The number of hydrogen-bond acceptors (Lipinski definition) is 5. The Morgan fingerprint density at radius 1 is 0.872 bits per heavy atom. The van der Waals surface area contributed by atoms with Gasteiger partial charge in [0.2, 0.25) is 6.79 Å². The van der Waals surface area contributed by atoms with Gasteiger partial charge in [0.15, 0.2) is 11.5 Å². The molecular weight excluding hydrogens is 484 g/mol. The first-order chi connectivity index (χ1) is 19.2. The topological polar surface area (TPSA) is 63.3 Å². The van der Waals surface area contributed by atoms with Crippen LogP contribution in [0.15, 0.2) is 72.8 Å². The fourth-order valence-corrected chi connectivity index (χ4v) is 5.05. The molecule has 1 aliphatic heterocycles. The Morgan fingerprint density at radius 2 is 1.64 bits per heavy atom. The largest absolute Gasteiger partial charge is 0.454 e. The molecule has 4 aromatic rings. The van der Waals surface area contributed by atoms with E-state index in [4.69, 9.17) is 14.5 Å². The molecule has 0 bridgehead atoms. The molecule has 5 rings (SSSR count). The van der Waals surface area contributed by atoms with Crippen LogP contribution in [0.3, 0.4) is 0 Å². The summed E-state index contributed by atoms with van der Waals surface area (Å²) in [6.45, 7) is 8.22. The van der Waals surface area contributed by atoms with Gasteiger partial charge in [-0.2, -0.15) is 5.26 Å². The average Bonchev–Trinajstić information content (AvgIpc) is 3.59. The summed E-state index contributed by atoms with van der Waals surface area (Å²) in [5, 5.41) is 9.35. The van der Waals surface area contributed by atoms with E-state index in [9.17, 15) is 5.26 Å². The lowest BCUT2D eigenvalue weighted by Crippen LogP contribution is -2.26. The van der Waals surface area contributed by atoms with Crippen LogP contribution < -0.4 is 9.47 Å². The summed E-state index contributed by atoms with van der Waals surface area (Å²) >= 11 is 0. The second-order valence-corrected chi connectivity index (χ2v) is 10.0. The molecule has 200 valence electrons. The minimum Gasteiger partial charge on any atom is -0.454 e. The third-order valence-electron chi connectivity index (χ3n) is 7.17. The van der Waals surface area contributed by atoms with Gasteiger partial charge in [-0.15, -0.1) is 0 Å². The minimum absolute atomic E-state index is 0.283. The van der Waals surface area contributed by atoms with Crippen molar-refractivity contribution >= 4 is 0 Å². The minimum atomic E-state index is 0.283. The van der Waals surface area contributed by atoms with Gasteiger partial charge >= 0.3 is 0 Å². The van der Waals surface area contributed by atoms with Crippen molar-refractivity contribution in [2.24, 2.45) is 0 Å². The maximum atomic E-state index is 9.35. The van der Waals surface area contributed by atoms with E-state index in [1.54, 1.807) is 0 Å². The second kappa shape index (κ2) is 12.6. The van der Waals surface area contributed by atoms with E-state index >= 15 is 0 Å². The van der Waals surface area contributed by atoms with E-state index in [-0.39, 0.29) is 6.79 Å². The summed E-state index contributed by atoms with van der Waals surface area (Å²) in [5.74, 6) is 2.63. The summed E-state index contributed by atoms with van der Waals surface area (Å²) < 4.78 is 13.6. The van der Waals surface area contributed by atoms with Gasteiger partial charge in [-0.3, -0.25) is 4.90 Å². The number of rotatable bonds is 12. The molecule has 1 aromatic heterocycles. The molecule has 0 saturated heterocycles. The molecule has 2 heterocycles. The monoisotopic (exact) mass is 520 g/mol. The van der Waals surface area contributed by atoms with E-state index in [0.717, 1.165) is 86.0 Å². The Morgan fingerprint density at radius 3 is 2.38 bits per heavy atom. The van der Waals surface area contributed by atoms with E-state index in [2.05, 4.69) is 65.8 Å². The molecule has 6 nitrogen and oxygen atoms in total. The molecule has 0 amide bonds. The normalized spacial score (nSPS) is 12.2. The SMILES string of the molecule is CCCCN(Cc1ccc2c(c1)OCO2)Cc1c(-c2ccc(C#N)cc2)nc(-c2ccccc2)n1CCCC. The quantitative estimate of drug-likeness (QED) is 0.194. The summed E-state index contributed by atoms with van der Waals surface area (Å²) in [6, 6.07) is 26.8. The van der Waals surface area contributed by atoms with Gasteiger partial charge in [0.25, 0.3) is 0 Å². The van der Waals surface area contributed by atoms with Crippen molar-refractivity contribution < 1.29 is 9.47 Å². The molecule has 0 atom stereocenters. The Hall–Kier alpha value is -4.08. The molecule has 0 aliphatic carbocycles. The molecule has 0 radical (unpaired) electrons. The van der Waals surface area contributed by atoms with Gasteiger partial charge in [-0.05, 0) is 49.2 Å². The highest BCUT2D eigenvalue weighted by Crippen LogP contribution is 2.34. The van der Waals surface area contributed by atoms with Gasteiger partial charge in [-0.25, -0.2) is 4.98 Å². The number of unbranched alkanes of at least 4 members (excludes halogenated alkanes) is 2. The predicted molar refractivity (Wildman–Crippen MR) is 154 cm³/mol. The highest BCUT2D eigenvalue weighted by Gasteiger charge is 2.22. The molecule has 39 heavy (non-hydrogen) atoms. The van der Waals surface area contributed by atoms with Crippen LogP contribution in [0.4, 0.5) is 0 Å². The number of benzene rings is 3. The maximum absolute atomic E-state index is 9.35. The van der Waals surface area contributed by atoms with Crippen LogP contribution in [-0.4, -0.2) is 27.8 Å². The highest BCUT2D eigenvalue weighted by molar-refractivity contribution is 5.69. The average molecular weight is 521 g/mol. The molecule has 0 saturated carbocycles. The lowest BCUT2D eigenvalue weighted by molar-refractivity contribution is 0.174. The fraction of sp³-hybridized carbons (Fsp3) is 0.333. The first-order valence-electron chi connectivity index (χ1n) is 14.0. The van der Waals surface area contributed by atoms with Gasteiger partial charge in [-0.1, -0.05) is 75.2 Å². The molecule has 6 heteroatoms. The van der Waals surface area contributed by atoms with Gasteiger partial charge in [0.1, 0.15) is 5.82 Å². The van der Waals surface area contributed by atoms with Crippen molar-refractivity contribution in [1.82, 2.24) is 14.5 Å². The van der Waals surface area contributed by atoms with Crippen molar-refractivity contribution in [3.05, 3.63) is 89.6 Å². The summed E-state index contributed by atoms with van der Waals surface area (Å²) in [7, 11) is 0. The molecule has 0 unspecified atom stereocenters. The van der Waals surface area contributed by atoms with Crippen molar-refractivity contribution in [3.8, 4) is 40.2 Å². The van der Waals surface area contributed by atoms with Crippen molar-refractivity contribution in [1.29, 1.82) is 5.26 Å². The molecule has 0 spiro atoms. The summed E-state index contributed by atoms with van der Waals surface area (Å²) in [6.07, 6.45) is 4.43. The van der Waals surface area contributed by atoms with Crippen LogP contribution in [-0.2, 0) is 19.6 Å². The third-order valence-corrected chi connectivity index (χ3v) is 7.17. The van der Waals surface area contributed by atoms with Crippen molar-refractivity contribution in [2.75, 3.05) is 13.3 Å². The Balaban J connectivity index is 1.57. The molecule has 1 aliphatic rings. The lowest BCUT2D eigenvalue weighted by Gasteiger charge is -2.24. The third kappa shape index (κ3) is 6.16. The van der Waals surface area contributed by atoms with Gasteiger partial charge in [0, 0.05) is 30.8 Å². The number of fused-ring (bicyclic) bond motifs is 1. The number of imidazole rings is 1. The van der Waals surface area contributed by atoms with E-state index in [0.29, 0.717) is 5.56 Å². The van der Waals surface area contributed by atoms with Crippen LogP contribution in [0.5, 0.6) is 11.5 Å². The zero-order valence-corrected chi connectivity index (χ0v) is 22.9. The zero-order valence-electron chi connectivity index (χ0n) is 22.9. The van der Waals surface area contributed by atoms with Crippen molar-refractivity contribution in [3.63, 3.8) is 0 Å². The summed E-state index contributed by atoms with van der Waals surface area (Å²) in [5.41, 5.74) is 6.21. The maximum Gasteiger partial charge on any atom is 0.231 e. The van der Waals surface area contributed by atoms with Crippen LogP contribution >= 0.6 is 0 Å². The fourth-order valence-electron chi connectivity index (χ4n) is 5.05. The number of nitriles is 1. The van der Waals surface area contributed by atoms with Gasteiger partial charge < -0.3 is 14.0 Å². The predicted octanol–water partition coefficient (Wildman–Crippen LogP) is 7.42. The number of nitrogens with zero attached hydrogens (tertiary/aromatic N) is 4. The van der Waals surface area contributed by atoms with Crippen LogP contribution in [0, 0.1) is 11.3 Å². The second-order valence-electron chi connectivity index (χ2n) is 10.0. The number of ether oxygens (including phenoxy) is 2. The van der Waals surface area contributed by atoms with E-state index in [1.165, 1.54) is 11.3 Å². The smallest absolute Gasteiger partial charge is 0.231 e. The molecular formula is C33H36N4O2. The highest BCUT2D eigenvalue weighted by atomic mass is 16.7. The lowest BCUT2D eigenvalue weighted by atomic mass is 10.1. The molecule has 0 fully saturated rings. The van der Waals surface area contributed by atoms with Crippen molar-refractivity contribution in [2.45, 2.75) is 59.2 Å². The molecule has 0 N–H and O–H groups in total. The Kier molecular flexibility index (Phi) is 8.60. The first-order valence-corrected chi connectivity index (χ1v) is 14.0. The van der Waals surface area contributed by atoms with E-state index < -0.39 is 0 Å². The summed E-state index contributed by atoms with van der Waals surface area (Å²) in [4.78, 5) is 7.78. The van der Waals surface area contributed by atoms with Crippen LogP contribution in [0.1, 0.15) is 56.4 Å². The molecule has 3 aromatic carbocycles. The van der Waals surface area contributed by atoms with E-state index in [1.807, 2.05) is 36.4 Å². The number of hydrogen-bond donors (Lipinski definition) is 0. The van der Waals surface area contributed by atoms with Crippen LogP contribution in [0.2, 0.25) is 0 Å². The Bertz CT molecular complexity index is 1420. The Labute approximate surface area is 231 Å². The zero-order chi connectivity index (χ0) is 27.0. The first kappa shape index (κ1) is 26.5. The van der Waals surface area contributed by atoms with Gasteiger partial charge in [0.05, 0.1) is 23.0 Å². The number of aromatic nitrogens is 2. The van der Waals surface area contributed by atoms with Crippen LogP contribution in [0.25, 0.3) is 22.6 Å².